The average Bonchev–Trinajstić information content (AvgIpc) is 2.64. The molecule has 0 aliphatic carbocycles. The van der Waals surface area contributed by atoms with Gasteiger partial charge in [-0.3, -0.25) is 4.79 Å². The maximum absolute atomic E-state index is 12.6. The van der Waals surface area contributed by atoms with Gasteiger partial charge < -0.3 is 5.32 Å². The van der Waals surface area contributed by atoms with Crippen molar-refractivity contribution in [3.63, 3.8) is 0 Å². The van der Waals surface area contributed by atoms with Crippen LogP contribution in [0.15, 0.2) is 64.4 Å². The molecule has 1 aromatic heterocycles. The summed E-state index contributed by atoms with van der Waals surface area (Å²) in [4.78, 5) is 21.1. The lowest BCUT2D eigenvalue weighted by atomic mass is 10.1. The second kappa shape index (κ2) is 8.66. The first-order valence-electron chi connectivity index (χ1n) is 7.80. The number of aromatic nitrogens is 2. The van der Waals surface area contributed by atoms with Crippen LogP contribution in [0.25, 0.3) is 0 Å². The number of carbonyl (C=O) groups excluding carboxylic acids is 1. The maximum atomic E-state index is 12.6. The van der Waals surface area contributed by atoms with Gasteiger partial charge in [0.25, 0.3) is 5.91 Å². The monoisotopic (exact) mass is 447 g/mol. The third-order valence-corrected chi connectivity index (χ3v) is 5.56. The fourth-order valence-electron chi connectivity index (χ4n) is 2.24. The van der Waals surface area contributed by atoms with Gasteiger partial charge in [0.2, 0.25) is 0 Å². The van der Waals surface area contributed by atoms with Gasteiger partial charge in [0.1, 0.15) is 0 Å². The van der Waals surface area contributed by atoms with Crippen LogP contribution < -0.4 is 5.32 Å². The number of rotatable bonds is 5. The SMILES string of the molecule is Cc1ccccc1CSc1ncc(Cl)c(C(=O)Nc2ccccc2Br)n1. The fraction of sp³-hybridized carbons (Fsp3) is 0.105. The fourth-order valence-corrected chi connectivity index (χ4v) is 3.69. The van der Waals surface area contributed by atoms with Crippen molar-refractivity contribution in [1.29, 1.82) is 0 Å². The molecule has 7 heteroatoms. The lowest BCUT2D eigenvalue weighted by Crippen LogP contribution is -2.15. The summed E-state index contributed by atoms with van der Waals surface area (Å²) in [5.41, 5.74) is 3.22. The minimum Gasteiger partial charge on any atom is -0.320 e. The van der Waals surface area contributed by atoms with Crippen LogP contribution in [0.5, 0.6) is 0 Å². The van der Waals surface area contributed by atoms with Gasteiger partial charge in [-0.2, -0.15) is 0 Å². The third-order valence-electron chi connectivity index (χ3n) is 3.68. The first-order valence-corrected chi connectivity index (χ1v) is 9.96. The predicted octanol–water partition coefficient (Wildman–Crippen LogP) is 5.75. The molecular formula is C19H15BrClN3OS. The van der Waals surface area contributed by atoms with Gasteiger partial charge in [-0.05, 0) is 46.1 Å². The lowest BCUT2D eigenvalue weighted by molar-refractivity contribution is 0.102. The summed E-state index contributed by atoms with van der Waals surface area (Å²) in [6.07, 6.45) is 1.46. The first kappa shape index (κ1) is 18.9. The van der Waals surface area contributed by atoms with Gasteiger partial charge in [-0.15, -0.1) is 0 Å². The molecule has 0 fully saturated rings. The van der Waals surface area contributed by atoms with E-state index in [0.29, 0.717) is 10.8 Å². The summed E-state index contributed by atoms with van der Waals surface area (Å²) >= 11 is 11.0. The maximum Gasteiger partial charge on any atom is 0.276 e. The van der Waals surface area contributed by atoms with Crippen molar-refractivity contribution in [2.24, 2.45) is 0 Å². The molecule has 0 unspecified atom stereocenters. The number of nitrogens with one attached hydrogen (secondary N) is 1. The average molecular weight is 449 g/mol. The van der Waals surface area contributed by atoms with Crippen LogP contribution in [0.2, 0.25) is 5.02 Å². The van der Waals surface area contributed by atoms with E-state index in [4.69, 9.17) is 11.6 Å². The lowest BCUT2D eigenvalue weighted by Gasteiger charge is -2.09. The van der Waals surface area contributed by atoms with E-state index in [-0.39, 0.29) is 16.6 Å². The number of aryl methyl sites for hydroxylation is 1. The van der Waals surface area contributed by atoms with Crippen molar-refractivity contribution < 1.29 is 4.79 Å². The van der Waals surface area contributed by atoms with Crippen LogP contribution in [0, 0.1) is 6.92 Å². The van der Waals surface area contributed by atoms with E-state index in [9.17, 15) is 4.79 Å². The van der Waals surface area contributed by atoms with E-state index >= 15 is 0 Å². The number of anilines is 1. The normalized spacial score (nSPS) is 10.6. The van der Waals surface area contributed by atoms with E-state index in [1.54, 1.807) is 6.07 Å². The Bertz CT molecular complexity index is 952. The predicted molar refractivity (Wildman–Crippen MR) is 110 cm³/mol. The molecule has 0 aliphatic rings. The van der Waals surface area contributed by atoms with Crippen molar-refractivity contribution >= 4 is 50.9 Å². The number of para-hydroxylation sites is 1. The summed E-state index contributed by atoms with van der Waals surface area (Å²) in [5, 5.41) is 3.53. The van der Waals surface area contributed by atoms with Crippen molar-refractivity contribution in [1.82, 2.24) is 9.97 Å². The standard InChI is InChI=1S/C19H15BrClN3OS/c1-12-6-2-3-7-13(12)11-26-19-22-10-15(21)17(24-19)18(25)23-16-9-5-4-8-14(16)20/h2-10H,11H2,1H3,(H,23,25). The summed E-state index contributed by atoms with van der Waals surface area (Å²) in [6.45, 7) is 2.06. The molecule has 0 bridgehead atoms. The zero-order chi connectivity index (χ0) is 18.5. The van der Waals surface area contributed by atoms with Crippen LogP contribution >= 0.6 is 39.3 Å². The zero-order valence-electron chi connectivity index (χ0n) is 13.9. The minimum absolute atomic E-state index is 0.157. The van der Waals surface area contributed by atoms with Gasteiger partial charge in [0.15, 0.2) is 10.9 Å². The number of amides is 1. The topological polar surface area (TPSA) is 54.9 Å². The number of hydrogen-bond donors (Lipinski definition) is 1. The minimum atomic E-state index is -0.373. The Balaban J connectivity index is 1.76. The largest absolute Gasteiger partial charge is 0.320 e. The van der Waals surface area contributed by atoms with E-state index in [0.717, 1.165) is 10.2 Å². The van der Waals surface area contributed by atoms with E-state index in [1.165, 1.54) is 29.1 Å². The molecule has 3 aromatic rings. The van der Waals surface area contributed by atoms with Crippen molar-refractivity contribution in [3.05, 3.63) is 81.0 Å². The quantitative estimate of drug-likeness (QED) is 0.399. The second-order valence-electron chi connectivity index (χ2n) is 5.50. The molecule has 0 spiro atoms. The molecule has 3 rings (SSSR count). The molecule has 26 heavy (non-hydrogen) atoms. The third kappa shape index (κ3) is 4.63. The Morgan fingerprint density at radius 2 is 1.92 bits per heavy atom. The Morgan fingerprint density at radius 3 is 2.69 bits per heavy atom. The molecular weight excluding hydrogens is 434 g/mol. The van der Waals surface area contributed by atoms with Crippen LogP contribution in [-0.2, 0) is 5.75 Å². The van der Waals surface area contributed by atoms with Gasteiger partial charge in [0, 0.05) is 10.2 Å². The molecule has 1 heterocycles. The number of nitrogens with zero attached hydrogens (tertiary/aromatic N) is 2. The van der Waals surface area contributed by atoms with Gasteiger partial charge in [-0.1, -0.05) is 59.8 Å². The molecule has 4 nitrogen and oxygen atoms in total. The molecule has 0 aliphatic heterocycles. The molecule has 0 saturated heterocycles. The molecule has 2 aromatic carbocycles. The van der Waals surface area contributed by atoms with Gasteiger partial charge in [0.05, 0.1) is 16.9 Å². The molecule has 1 amide bonds. The van der Waals surface area contributed by atoms with Crippen LogP contribution in [0.4, 0.5) is 5.69 Å². The second-order valence-corrected chi connectivity index (χ2v) is 7.70. The summed E-state index contributed by atoms with van der Waals surface area (Å²) in [6, 6.07) is 15.5. The summed E-state index contributed by atoms with van der Waals surface area (Å²) in [5.74, 6) is 0.349. The molecule has 132 valence electrons. The van der Waals surface area contributed by atoms with Crippen LogP contribution in [-0.4, -0.2) is 15.9 Å². The van der Waals surface area contributed by atoms with Gasteiger partial charge >= 0.3 is 0 Å². The van der Waals surface area contributed by atoms with E-state index in [1.807, 2.05) is 30.3 Å². The van der Waals surface area contributed by atoms with Gasteiger partial charge in [-0.25, -0.2) is 9.97 Å². The Hall–Kier alpha value is -1.89. The Labute approximate surface area is 169 Å². The van der Waals surface area contributed by atoms with Crippen molar-refractivity contribution in [2.45, 2.75) is 17.8 Å². The first-order chi connectivity index (χ1) is 12.5. The van der Waals surface area contributed by atoms with Crippen LogP contribution in [0.3, 0.4) is 0 Å². The number of hydrogen-bond acceptors (Lipinski definition) is 4. The Morgan fingerprint density at radius 1 is 1.19 bits per heavy atom. The number of benzene rings is 2. The van der Waals surface area contributed by atoms with E-state index < -0.39 is 0 Å². The van der Waals surface area contributed by atoms with Crippen molar-refractivity contribution in [2.75, 3.05) is 5.32 Å². The highest BCUT2D eigenvalue weighted by Crippen LogP contribution is 2.25. The molecule has 1 N–H and O–H groups in total. The highest BCUT2D eigenvalue weighted by Gasteiger charge is 2.16. The summed E-state index contributed by atoms with van der Waals surface area (Å²) in [7, 11) is 0. The van der Waals surface area contributed by atoms with E-state index in [2.05, 4.69) is 50.3 Å². The number of halogens is 2. The molecule has 0 atom stereocenters. The number of thioether (sulfide) groups is 1. The van der Waals surface area contributed by atoms with Crippen LogP contribution in [0.1, 0.15) is 21.6 Å². The Kier molecular flexibility index (Phi) is 6.29. The summed E-state index contributed by atoms with van der Waals surface area (Å²) < 4.78 is 0.785. The smallest absolute Gasteiger partial charge is 0.276 e. The highest BCUT2D eigenvalue weighted by molar-refractivity contribution is 9.10. The molecule has 0 radical (unpaired) electrons. The number of carbonyl (C=O) groups is 1. The zero-order valence-corrected chi connectivity index (χ0v) is 17.0. The van der Waals surface area contributed by atoms with Crippen molar-refractivity contribution in [3.8, 4) is 0 Å². The highest BCUT2D eigenvalue weighted by atomic mass is 79.9. The molecule has 0 saturated carbocycles.